The zero-order chi connectivity index (χ0) is 13.1. The molecule has 0 heterocycles. The molecule has 2 rings (SSSR count). The van der Waals surface area contributed by atoms with E-state index in [1.54, 1.807) is 11.9 Å². The number of nitrogens with one attached hydrogen (secondary N) is 1. The maximum atomic E-state index is 13.3. The lowest BCUT2D eigenvalue weighted by Crippen LogP contribution is -2.36. The Kier molecular flexibility index (Phi) is 3.91. The van der Waals surface area contributed by atoms with Crippen molar-refractivity contribution in [2.24, 2.45) is 0 Å². The molecule has 0 bridgehead atoms. The summed E-state index contributed by atoms with van der Waals surface area (Å²) in [5, 5.41) is 2.87. The van der Waals surface area contributed by atoms with Crippen molar-refractivity contribution in [2.75, 3.05) is 13.6 Å². The maximum Gasteiger partial charge on any atom is 0.236 e. The minimum Gasteiger partial charge on any atom is -0.342 e. The average molecular weight is 254 g/mol. The highest BCUT2D eigenvalue weighted by Crippen LogP contribution is 2.25. The molecular weight excluding hydrogens is 238 g/mol. The molecule has 0 radical (unpaired) electrons. The second kappa shape index (κ2) is 5.44. The van der Waals surface area contributed by atoms with E-state index in [1.165, 1.54) is 12.1 Å². The van der Waals surface area contributed by atoms with Crippen LogP contribution in [0.4, 0.5) is 8.78 Å². The van der Waals surface area contributed by atoms with E-state index in [2.05, 4.69) is 5.32 Å². The van der Waals surface area contributed by atoms with Gasteiger partial charge in [0.2, 0.25) is 5.91 Å². The first-order chi connectivity index (χ1) is 8.58. The lowest BCUT2D eigenvalue weighted by atomic mass is 10.2. The summed E-state index contributed by atoms with van der Waals surface area (Å²) in [6.45, 7) is 0.389. The van der Waals surface area contributed by atoms with E-state index >= 15 is 0 Å². The van der Waals surface area contributed by atoms with E-state index in [4.69, 9.17) is 0 Å². The number of hydrogen-bond donors (Lipinski definition) is 1. The molecule has 1 aliphatic carbocycles. The minimum atomic E-state index is -0.596. The number of carbonyl (C=O) groups excluding carboxylic acids is 1. The monoisotopic (exact) mass is 254 g/mol. The first-order valence-corrected chi connectivity index (χ1v) is 5.98. The van der Waals surface area contributed by atoms with E-state index in [9.17, 15) is 13.6 Å². The van der Waals surface area contributed by atoms with Crippen LogP contribution in [0, 0.1) is 11.6 Å². The zero-order valence-electron chi connectivity index (χ0n) is 10.2. The summed E-state index contributed by atoms with van der Waals surface area (Å²) in [5.74, 6) is -1.19. The third-order valence-electron chi connectivity index (χ3n) is 3.09. The Morgan fingerprint density at radius 3 is 2.78 bits per heavy atom. The molecule has 0 atom stereocenters. The fourth-order valence-electron chi connectivity index (χ4n) is 1.76. The Morgan fingerprint density at radius 1 is 1.44 bits per heavy atom. The summed E-state index contributed by atoms with van der Waals surface area (Å²) in [6.07, 6.45) is 2.13. The van der Waals surface area contributed by atoms with Gasteiger partial charge in [-0.25, -0.2) is 8.78 Å². The van der Waals surface area contributed by atoms with E-state index in [0.29, 0.717) is 11.6 Å². The molecule has 1 aliphatic rings. The molecule has 0 aliphatic heterocycles. The lowest BCUT2D eigenvalue weighted by Gasteiger charge is -2.16. The molecule has 1 amide bonds. The molecular formula is C13H16F2N2O. The number of carbonyl (C=O) groups is 1. The number of amides is 1. The fraction of sp³-hybridized carbons (Fsp3) is 0.462. The Balaban J connectivity index is 1.79. The summed E-state index contributed by atoms with van der Waals surface area (Å²) in [7, 11) is 1.78. The maximum absolute atomic E-state index is 13.3. The second-order valence-electron chi connectivity index (χ2n) is 4.58. The number of nitrogens with zero attached hydrogens (tertiary/aromatic N) is 1. The summed E-state index contributed by atoms with van der Waals surface area (Å²) >= 11 is 0. The van der Waals surface area contributed by atoms with E-state index in [1.807, 2.05) is 0 Å². The van der Waals surface area contributed by atoms with Crippen molar-refractivity contribution in [1.82, 2.24) is 10.2 Å². The van der Waals surface area contributed by atoms with Gasteiger partial charge >= 0.3 is 0 Å². The highest BCUT2D eigenvalue weighted by molar-refractivity contribution is 5.78. The van der Waals surface area contributed by atoms with Gasteiger partial charge in [-0.1, -0.05) is 6.07 Å². The van der Waals surface area contributed by atoms with Gasteiger partial charge in [-0.15, -0.1) is 0 Å². The van der Waals surface area contributed by atoms with Crippen molar-refractivity contribution in [2.45, 2.75) is 25.4 Å². The van der Waals surface area contributed by atoms with Crippen molar-refractivity contribution >= 4 is 5.91 Å². The van der Waals surface area contributed by atoms with Crippen molar-refractivity contribution in [3.8, 4) is 0 Å². The van der Waals surface area contributed by atoms with Crippen LogP contribution in [-0.2, 0) is 11.3 Å². The van der Waals surface area contributed by atoms with Gasteiger partial charge in [-0.2, -0.15) is 0 Å². The number of benzene rings is 1. The standard InChI is InChI=1S/C13H16F2N2O/c1-17(11-4-5-11)13(18)8-16-7-9-2-3-10(14)6-12(9)15/h2-3,6,11,16H,4-5,7-8H2,1H3. The first-order valence-electron chi connectivity index (χ1n) is 5.98. The van der Waals surface area contributed by atoms with Gasteiger partial charge in [0, 0.05) is 31.3 Å². The molecule has 1 aromatic rings. The van der Waals surface area contributed by atoms with Crippen molar-refractivity contribution in [3.05, 3.63) is 35.4 Å². The van der Waals surface area contributed by atoms with Crippen molar-refractivity contribution < 1.29 is 13.6 Å². The van der Waals surface area contributed by atoms with Gasteiger partial charge < -0.3 is 10.2 Å². The van der Waals surface area contributed by atoms with Crippen LogP contribution in [0.3, 0.4) is 0 Å². The van der Waals surface area contributed by atoms with Crippen molar-refractivity contribution in [1.29, 1.82) is 0 Å². The molecule has 1 aromatic carbocycles. The molecule has 0 spiro atoms. The molecule has 1 saturated carbocycles. The van der Waals surface area contributed by atoms with Crippen LogP contribution < -0.4 is 5.32 Å². The summed E-state index contributed by atoms with van der Waals surface area (Å²) in [4.78, 5) is 13.4. The Morgan fingerprint density at radius 2 is 2.17 bits per heavy atom. The van der Waals surface area contributed by atoms with Crippen LogP contribution in [0.2, 0.25) is 0 Å². The lowest BCUT2D eigenvalue weighted by molar-refractivity contribution is -0.129. The first kappa shape index (κ1) is 13.0. The molecule has 98 valence electrons. The van der Waals surface area contributed by atoms with Gasteiger partial charge in [0.05, 0.1) is 6.54 Å². The predicted molar refractivity (Wildman–Crippen MR) is 63.9 cm³/mol. The zero-order valence-corrected chi connectivity index (χ0v) is 10.2. The smallest absolute Gasteiger partial charge is 0.236 e. The molecule has 0 unspecified atom stereocenters. The van der Waals surface area contributed by atoms with Crippen LogP contribution in [0.15, 0.2) is 18.2 Å². The molecule has 0 saturated heterocycles. The summed E-state index contributed by atoms with van der Waals surface area (Å²) < 4.78 is 26.0. The number of hydrogen-bond acceptors (Lipinski definition) is 2. The van der Waals surface area contributed by atoms with E-state index < -0.39 is 11.6 Å². The van der Waals surface area contributed by atoms with Gasteiger partial charge in [0.1, 0.15) is 11.6 Å². The fourth-order valence-corrected chi connectivity index (χ4v) is 1.76. The molecule has 18 heavy (non-hydrogen) atoms. The van der Waals surface area contributed by atoms with Gasteiger partial charge in [0.25, 0.3) is 0 Å². The Bertz CT molecular complexity index is 447. The van der Waals surface area contributed by atoms with Gasteiger partial charge in [0.15, 0.2) is 0 Å². The molecule has 1 fully saturated rings. The highest BCUT2D eigenvalue weighted by atomic mass is 19.1. The number of likely N-dealkylation sites (N-methyl/N-ethyl adjacent to an activating group) is 1. The SMILES string of the molecule is CN(C(=O)CNCc1ccc(F)cc1F)C1CC1. The second-order valence-corrected chi connectivity index (χ2v) is 4.58. The summed E-state index contributed by atoms with van der Waals surface area (Å²) in [6, 6.07) is 3.81. The minimum absolute atomic E-state index is 0.0000184. The van der Waals surface area contributed by atoms with Crippen LogP contribution in [-0.4, -0.2) is 30.4 Å². The molecule has 3 nitrogen and oxygen atoms in total. The summed E-state index contributed by atoms with van der Waals surface area (Å²) in [5.41, 5.74) is 0.360. The largest absolute Gasteiger partial charge is 0.342 e. The Labute approximate surface area is 105 Å². The van der Waals surface area contributed by atoms with Crippen LogP contribution in [0.5, 0.6) is 0 Å². The number of halogens is 2. The van der Waals surface area contributed by atoms with Gasteiger partial charge in [-0.3, -0.25) is 4.79 Å². The van der Waals surface area contributed by atoms with Crippen molar-refractivity contribution in [3.63, 3.8) is 0 Å². The quantitative estimate of drug-likeness (QED) is 0.867. The van der Waals surface area contributed by atoms with E-state index in [0.717, 1.165) is 18.9 Å². The van der Waals surface area contributed by atoms with Crippen LogP contribution in [0.25, 0.3) is 0 Å². The normalized spacial score (nSPS) is 14.6. The number of rotatable bonds is 5. The highest BCUT2D eigenvalue weighted by Gasteiger charge is 2.28. The topological polar surface area (TPSA) is 32.3 Å². The van der Waals surface area contributed by atoms with E-state index in [-0.39, 0.29) is 19.0 Å². The third-order valence-corrected chi connectivity index (χ3v) is 3.09. The van der Waals surface area contributed by atoms with Crippen LogP contribution >= 0.6 is 0 Å². The molecule has 5 heteroatoms. The van der Waals surface area contributed by atoms with Crippen LogP contribution in [0.1, 0.15) is 18.4 Å². The third kappa shape index (κ3) is 3.26. The molecule has 1 N–H and O–H groups in total. The molecule has 0 aromatic heterocycles. The predicted octanol–water partition coefficient (Wildman–Crippen LogP) is 1.68. The Hall–Kier alpha value is -1.49. The average Bonchev–Trinajstić information content (AvgIpc) is 3.15. The van der Waals surface area contributed by atoms with Gasteiger partial charge in [-0.05, 0) is 18.9 Å².